The van der Waals surface area contributed by atoms with Gasteiger partial charge in [0.25, 0.3) is 0 Å². The molecule has 0 aromatic heterocycles. The molecule has 1 aliphatic rings. The molecule has 0 unspecified atom stereocenters. The second kappa shape index (κ2) is 11.1. The molecule has 1 rings (SSSR count). The molecule has 0 aromatic rings. The first-order valence-electron chi connectivity index (χ1n) is 4.76. The van der Waals surface area contributed by atoms with Crippen LogP contribution < -0.4 is 11.5 Å². The summed E-state index contributed by atoms with van der Waals surface area (Å²) in [6.45, 7) is 3.07. The maximum absolute atomic E-state index is 5.53. The molecule has 1 heterocycles. The van der Waals surface area contributed by atoms with Crippen LogP contribution in [0.3, 0.4) is 0 Å². The summed E-state index contributed by atoms with van der Waals surface area (Å²) in [6.07, 6.45) is 1.88. The van der Waals surface area contributed by atoms with Crippen LogP contribution in [-0.4, -0.2) is 31.6 Å². The van der Waals surface area contributed by atoms with Crippen LogP contribution in [0.5, 0.6) is 0 Å². The molecule has 0 saturated carbocycles. The summed E-state index contributed by atoms with van der Waals surface area (Å²) in [5.41, 5.74) is 11.0. The van der Waals surface area contributed by atoms with Crippen LogP contribution in [0, 0.1) is 0 Å². The third kappa shape index (κ3) is 7.10. The summed E-state index contributed by atoms with van der Waals surface area (Å²) in [4.78, 5) is 0. The molecule has 4 nitrogen and oxygen atoms in total. The van der Waals surface area contributed by atoms with E-state index in [1.165, 1.54) is 0 Å². The van der Waals surface area contributed by atoms with Gasteiger partial charge in [-0.2, -0.15) is 0 Å². The van der Waals surface area contributed by atoms with Crippen LogP contribution in [0.4, 0.5) is 0 Å². The Bertz CT molecular complexity index is 145. The van der Waals surface area contributed by atoms with E-state index in [0.717, 1.165) is 12.8 Å². The molecular weight excluding hydrogens is 605 g/mol. The topological polar surface area (TPSA) is 70.5 Å². The van der Waals surface area contributed by atoms with Gasteiger partial charge in [-0.25, -0.2) is 0 Å². The SMILES string of the molecule is CCCC1O[C@H](CN)[C@@H](CN)O1.[I][Pt][I]. The Balaban J connectivity index is 0.000000583. The van der Waals surface area contributed by atoms with E-state index in [-0.39, 0.29) is 18.5 Å². The van der Waals surface area contributed by atoms with Crippen molar-refractivity contribution >= 4 is 38.7 Å². The quantitative estimate of drug-likeness (QED) is 0.468. The first kappa shape index (κ1) is 17.0. The fourth-order valence-electron chi connectivity index (χ4n) is 1.38. The summed E-state index contributed by atoms with van der Waals surface area (Å²) in [7, 11) is 0. The Morgan fingerprint density at radius 1 is 1.13 bits per heavy atom. The Morgan fingerprint density at radius 3 is 1.80 bits per heavy atom. The van der Waals surface area contributed by atoms with Crippen LogP contribution in [0.2, 0.25) is 0 Å². The van der Waals surface area contributed by atoms with E-state index < -0.39 is 0 Å². The molecule has 0 aromatic carbocycles. The van der Waals surface area contributed by atoms with E-state index in [0.29, 0.717) is 24.3 Å². The van der Waals surface area contributed by atoms with Gasteiger partial charge in [0.1, 0.15) is 12.2 Å². The maximum atomic E-state index is 5.53. The van der Waals surface area contributed by atoms with Crippen molar-refractivity contribution in [2.45, 2.75) is 38.3 Å². The van der Waals surface area contributed by atoms with Gasteiger partial charge < -0.3 is 20.9 Å². The van der Waals surface area contributed by atoms with Crippen LogP contribution in [-0.2, 0) is 20.7 Å². The monoisotopic (exact) mass is 623 g/mol. The number of halogens is 2. The average molecular weight is 623 g/mol. The van der Waals surface area contributed by atoms with Gasteiger partial charge in [-0.3, -0.25) is 0 Å². The van der Waals surface area contributed by atoms with E-state index in [1.807, 2.05) is 0 Å². The molecule has 2 atom stereocenters. The average Bonchev–Trinajstić information content (AvgIpc) is 2.62. The van der Waals surface area contributed by atoms with Crippen molar-refractivity contribution in [1.82, 2.24) is 0 Å². The Morgan fingerprint density at radius 2 is 1.53 bits per heavy atom. The predicted molar refractivity (Wildman–Crippen MR) is 74.6 cm³/mol. The van der Waals surface area contributed by atoms with Gasteiger partial charge >= 0.3 is 49.9 Å². The third-order valence-corrected chi connectivity index (χ3v) is 2.06. The summed E-state index contributed by atoms with van der Waals surface area (Å²) in [5, 5.41) is 0. The second-order valence-corrected chi connectivity index (χ2v) is 19.7. The van der Waals surface area contributed by atoms with E-state index in [2.05, 4.69) is 45.6 Å². The molecule has 4 N–H and O–H groups in total. The normalized spacial score (nSPS) is 26.5. The van der Waals surface area contributed by atoms with E-state index >= 15 is 0 Å². The molecule has 1 fully saturated rings. The number of hydrogen-bond donors (Lipinski definition) is 2. The second-order valence-electron chi connectivity index (χ2n) is 3.08. The van der Waals surface area contributed by atoms with Gasteiger partial charge in [0, 0.05) is 13.1 Å². The first-order chi connectivity index (χ1) is 7.23. The molecule has 15 heavy (non-hydrogen) atoms. The fraction of sp³-hybridized carbons (Fsp3) is 1.00. The van der Waals surface area contributed by atoms with Crippen LogP contribution in [0.1, 0.15) is 19.8 Å². The van der Waals surface area contributed by atoms with Gasteiger partial charge in [0.05, 0.1) is 0 Å². The minimum atomic E-state index is -0.0860. The van der Waals surface area contributed by atoms with Crippen molar-refractivity contribution in [2.75, 3.05) is 13.1 Å². The third-order valence-electron chi connectivity index (χ3n) is 2.06. The number of hydrogen-bond acceptors (Lipinski definition) is 4. The fourth-order valence-corrected chi connectivity index (χ4v) is 1.38. The molecule has 0 radical (unpaired) electrons. The van der Waals surface area contributed by atoms with Crippen molar-refractivity contribution in [1.29, 1.82) is 0 Å². The van der Waals surface area contributed by atoms with Crippen molar-refractivity contribution in [2.24, 2.45) is 11.5 Å². The zero-order valence-corrected chi connectivity index (χ0v) is 15.2. The van der Waals surface area contributed by atoms with Crippen LogP contribution in [0.15, 0.2) is 0 Å². The van der Waals surface area contributed by atoms with Crippen molar-refractivity contribution in [3.8, 4) is 0 Å². The van der Waals surface area contributed by atoms with Crippen molar-refractivity contribution < 1.29 is 20.7 Å². The number of ether oxygens (including phenoxy) is 2. The number of nitrogens with two attached hydrogens (primary N) is 2. The Labute approximate surface area is 121 Å². The molecule has 0 spiro atoms. The Hall–Kier alpha value is 1.99. The van der Waals surface area contributed by atoms with E-state index in [9.17, 15) is 0 Å². The zero-order chi connectivity index (χ0) is 11.7. The van der Waals surface area contributed by atoms with Crippen LogP contribution in [0.25, 0.3) is 0 Å². The molecule has 1 aliphatic heterocycles. The minimum absolute atomic E-state index is 0.00782. The summed E-state index contributed by atoms with van der Waals surface area (Å²) < 4.78 is 11.1. The van der Waals surface area contributed by atoms with Gasteiger partial charge in [-0.1, -0.05) is 13.3 Å². The molecule has 0 amide bonds. The first-order valence-corrected chi connectivity index (χ1v) is 17.7. The van der Waals surface area contributed by atoms with Gasteiger partial charge in [0.15, 0.2) is 6.29 Å². The van der Waals surface area contributed by atoms with Gasteiger partial charge in [-0.05, 0) is 6.42 Å². The summed E-state index contributed by atoms with van der Waals surface area (Å²) in [5.74, 6) is 0. The predicted octanol–water partition coefficient (Wildman–Crippen LogP) is 1.58. The molecule has 1 saturated heterocycles. The van der Waals surface area contributed by atoms with Crippen molar-refractivity contribution in [3.63, 3.8) is 0 Å². The Kier molecular flexibility index (Phi) is 12.6. The van der Waals surface area contributed by atoms with Crippen molar-refractivity contribution in [3.05, 3.63) is 0 Å². The molecule has 0 bridgehead atoms. The summed E-state index contributed by atoms with van der Waals surface area (Å²) >= 11 is 5.30. The van der Waals surface area contributed by atoms with Gasteiger partial charge in [-0.15, -0.1) is 0 Å². The van der Waals surface area contributed by atoms with E-state index in [1.54, 1.807) is 0 Å². The standard InChI is InChI=1S/C8H18N2O2.2HI.Pt/c1-2-3-8-11-6(4-9)7(5-10)12-8;;;/h6-8H,2-5,9-10H2,1H3;2*1H;/q;;;+2/p-2/t6-,7-;;;/m1.../s1. The zero-order valence-electron chi connectivity index (χ0n) is 8.60. The van der Waals surface area contributed by atoms with Gasteiger partial charge in [0.2, 0.25) is 0 Å². The molecular formula is C8H18I2N2O2Pt. The number of rotatable bonds is 4. The molecule has 0 aliphatic carbocycles. The summed E-state index contributed by atoms with van der Waals surface area (Å²) in [6, 6.07) is 0. The molecule has 96 valence electrons. The molecule has 7 heteroatoms. The van der Waals surface area contributed by atoms with Crippen LogP contribution >= 0.6 is 38.7 Å². The van der Waals surface area contributed by atoms with E-state index in [4.69, 9.17) is 20.9 Å².